The highest BCUT2D eigenvalue weighted by molar-refractivity contribution is 5.92. The first kappa shape index (κ1) is 19.5. The highest BCUT2D eigenvalue weighted by Gasteiger charge is 2.16. The number of nitrogens with one attached hydrogen (secondary N) is 1. The number of likely N-dealkylation sites (N-methyl/N-ethyl adjacent to an activating group) is 1. The average Bonchev–Trinajstić information content (AvgIpc) is 2.33. The average molecular weight is 330 g/mol. The summed E-state index contributed by atoms with van der Waals surface area (Å²) in [5.74, 6) is -1.95. The molecule has 5 nitrogen and oxygen atoms in total. The van der Waals surface area contributed by atoms with Gasteiger partial charge in [0.1, 0.15) is 11.6 Å². The van der Waals surface area contributed by atoms with Crippen LogP contribution in [0.3, 0.4) is 0 Å². The number of aliphatic hydroxyl groups excluding tert-OH is 1. The minimum absolute atomic E-state index is 0.0231. The van der Waals surface area contributed by atoms with E-state index in [0.717, 1.165) is 18.2 Å². The molecule has 1 aromatic rings. The molecule has 1 atom stereocenters. The van der Waals surface area contributed by atoms with Crippen LogP contribution in [-0.4, -0.2) is 54.4 Å². The smallest absolute Gasteiger partial charge is 0.238 e. The molecule has 0 spiro atoms. The van der Waals surface area contributed by atoms with Gasteiger partial charge in [0.15, 0.2) is 0 Å². The van der Waals surface area contributed by atoms with Gasteiger partial charge in [0.05, 0.1) is 24.9 Å². The fourth-order valence-corrected chi connectivity index (χ4v) is 1.89. The highest BCUT2D eigenvalue weighted by Crippen LogP contribution is 2.13. The van der Waals surface area contributed by atoms with Gasteiger partial charge in [-0.05, 0) is 40.0 Å². The molecule has 23 heavy (non-hydrogen) atoms. The Bertz CT molecular complexity index is 512. The van der Waals surface area contributed by atoms with Gasteiger partial charge in [-0.3, -0.25) is 9.69 Å². The topological polar surface area (TPSA) is 61.8 Å². The molecule has 2 N–H and O–H groups in total. The van der Waals surface area contributed by atoms with Crippen LogP contribution in [0.4, 0.5) is 14.5 Å². The Kier molecular flexibility index (Phi) is 7.05. The number of hydrogen-bond donors (Lipinski definition) is 2. The molecule has 1 rings (SSSR count). The third kappa shape index (κ3) is 8.59. The minimum Gasteiger partial charge on any atom is -0.389 e. The standard InChI is InChI=1S/C16H24F2N2O3/c1-16(2,3)23-10-14(21)8-20(4)9-15(22)19-13-6-11(17)5-12(18)7-13/h5-7,14,21H,8-10H2,1-4H3,(H,19,22). The van der Waals surface area contributed by atoms with Gasteiger partial charge in [-0.15, -0.1) is 0 Å². The van der Waals surface area contributed by atoms with E-state index in [1.54, 1.807) is 11.9 Å². The van der Waals surface area contributed by atoms with Crippen molar-refractivity contribution in [2.75, 3.05) is 32.1 Å². The molecule has 0 radical (unpaired) electrons. The lowest BCUT2D eigenvalue weighted by Gasteiger charge is -2.24. The van der Waals surface area contributed by atoms with Gasteiger partial charge < -0.3 is 15.2 Å². The van der Waals surface area contributed by atoms with E-state index in [4.69, 9.17) is 4.74 Å². The molecule has 0 bridgehead atoms. The Morgan fingerprint density at radius 1 is 1.30 bits per heavy atom. The van der Waals surface area contributed by atoms with Crippen molar-refractivity contribution in [2.45, 2.75) is 32.5 Å². The lowest BCUT2D eigenvalue weighted by molar-refractivity contribution is -0.117. The number of aliphatic hydroxyl groups is 1. The largest absolute Gasteiger partial charge is 0.389 e. The quantitative estimate of drug-likeness (QED) is 0.803. The Morgan fingerprint density at radius 3 is 2.39 bits per heavy atom. The van der Waals surface area contributed by atoms with Gasteiger partial charge in [-0.25, -0.2) is 8.78 Å². The predicted octanol–water partition coefficient (Wildman–Crippen LogP) is 2.01. The second kappa shape index (κ2) is 8.33. The first-order valence-electron chi connectivity index (χ1n) is 7.31. The van der Waals surface area contributed by atoms with E-state index in [1.807, 2.05) is 20.8 Å². The predicted molar refractivity (Wildman–Crippen MR) is 84.2 cm³/mol. The van der Waals surface area contributed by atoms with Crippen LogP contribution >= 0.6 is 0 Å². The molecular weight excluding hydrogens is 306 g/mol. The first-order valence-corrected chi connectivity index (χ1v) is 7.31. The molecule has 0 fully saturated rings. The van der Waals surface area contributed by atoms with E-state index >= 15 is 0 Å². The van der Waals surface area contributed by atoms with Crippen LogP contribution in [0.1, 0.15) is 20.8 Å². The molecule has 0 heterocycles. The van der Waals surface area contributed by atoms with Crippen molar-refractivity contribution in [3.63, 3.8) is 0 Å². The van der Waals surface area contributed by atoms with Crippen molar-refractivity contribution in [2.24, 2.45) is 0 Å². The highest BCUT2D eigenvalue weighted by atomic mass is 19.1. The zero-order valence-corrected chi connectivity index (χ0v) is 13.9. The van der Waals surface area contributed by atoms with E-state index in [9.17, 15) is 18.7 Å². The van der Waals surface area contributed by atoms with Crippen LogP contribution in [0, 0.1) is 11.6 Å². The van der Waals surface area contributed by atoms with Gasteiger partial charge in [0.25, 0.3) is 0 Å². The number of amides is 1. The summed E-state index contributed by atoms with van der Waals surface area (Å²) in [5, 5.41) is 12.3. The number of nitrogens with zero attached hydrogens (tertiary/aromatic N) is 1. The van der Waals surface area contributed by atoms with Crippen molar-refractivity contribution in [3.05, 3.63) is 29.8 Å². The van der Waals surface area contributed by atoms with E-state index in [-0.39, 0.29) is 31.0 Å². The molecule has 1 unspecified atom stereocenters. The molecule has 0 saturated carbocycles. The number of halogens is 2. The van der Waals surface area contributed by atoms with E-state index < -0.39 is 23.6 Å². The SMILES string of the molecule is CN(CC(=O)Nc1cc(F)cc(F)c1)CC(O)COC(C)(C)C. The summed E-state index contributed by atoms with van der Waals surface area (Å²) in [6.45, 7) is 6.02. The lowest BCUT2D eigenvalue weighted by atomic mass is 10.2. The fraction of sp³-hybridized carbons (Fsp3) is 0.562. The Labute approximate surface area is 135 Å². The summed E-state index contributed by atoms with van der Waals surface area (Å²) in [4.78, 5) is 13.4. The molecule has 1 aromatic carbocycles. The molecular formula is C16H24F2N2O3. The molecule has 7 heteroatoms. The fourth-order valence-electron chi connectivity index (χ4n) is 1.89. The summed E-state index contributed by atoms with van der Waals surface area (Å²) < 4.78 is 31.5. The van der Waals surface area contributed by atoms with Gasteiger partial charge >= 0.3 is 0 Å². The van der Waals surface area contributed by atoms with Crippen molar-refractivity contribution in [1.82, 2.24) is 4.90 Å². The molecule has 0 aromatic heterocycles. The molecule has 0 aliphatic carbocycles. The maximum absolute atomic E-state index is 13.0. The summed E-state index contributed by atoms with van der Waals surface area (Å²) in [6, 6.07) is 2.80. The van der Waals surface area contributed by atoms with Gasteiger partial charge in [0, 0.05) is 18.3 Å². The van der Waals surface area contributed by atoms with Crippen LogP contribution in [0.5, 0.6) is 0 Å². The van der Waals surface area contributed by atoms with Crippen LogP contribution in [0.15, 0.2) is 18.2 Å². The zero-order chi connectivity index (χ0) is 17.6. The zero-order valence-electron chi connectivity index (χ0n) is 13.9. The monoisotopic (exact) mass is 330 g/mol. The van der Waals surface area contributed by atoms with Crippen LogP contribution in [0.2, 0.25) is 0 Å². The van der Waals surface area contributed by atoms with E-state index in [1.165, 1.54) is 0 Å². The summed E-state index contributed by atoms with van der Waals surface area (Å²) >= 11 is 0. The second-order valence-electron chi connectivity index (χ2n) is 6.48. The molecule has 0 aliphatic heterocycles. The van der Waals surface area contributed by atoms with Crippen LogP contribution < -0.4 is 5.32 Å². The van der Waals surface area contributed by atoms with Crippen molar-refractivity contribution >= 4 is 11.6 Å². The van der Waals surface area contributed by atoms with Crippen molar-refractivity contribution in [1.29, 1.82) is 0 Å². The maximum atomic E-state index is 13.0. The molecule has 1 amide bonds. The molecule has 0 aliphatic rings. The normalized spacial score (nSPS) is 13.2. The number of ether oxygens (including phenoxy) is 1. The van der Waals surface area contributed by atoms with E-state index in [2.05, 4.69) is 5.32 Å². The maximum Gasteiger partial charge on any atom is 0.238 e. The van der Waals surface area contributed by atoms with Gasteiger partial charge in [-0.2, -0.15) is 0 Å². The summed E-state index contributed by atoms with van der Waals surface area (Å²) in [5.41, 5.74) is -0.296. The molecule has 0 saturated heterocycles. The van der Waals surface area contributed by atoms with Crippen LogP contribution in [0.25, 0.3) is 0 Å². The van der Waals surface area contributed by atoms with Gasteiger partial charge in [-0.1, -0.05) is 0 Å². The summed E-state index contributed by atoms with van der Waals surface area (Å²) in [7, 11) is 1.66. The van der Waals surface area contributed by atoms with Gasteiger partial charge in [0.2, 0.25) is 5.91 Å². The Morgan fingerprint density at radius 2 is 1.87 bits per heavy atom. The lowest BCUT2D eigenvalue weighted by Crippen LogP contribution is -2.38. The second-order valence-corrected chi connectivity index (χ2v) is 6.48. The van der Waals surface area contributed by atoms with Crippen molar-refractivity contribution in [3.8, 4) is 0 Å². The number of benzene rings is 1. The van der Waals surface area contributed by atoms with E-state index in [0.29, 0.717) is 0 Å². The first-order chi connectivity index (χ1) is 10.5. The third-order valence-corrected chi connectivity index (χ3v) is 2.79. The molecule has 130 valence electrons. The third-order valence-electron chi connectivity index (χ3n) is 2.79. The number of carbonyl (C=O) groups is 1. The number of hydrogen-bond acceptors (Lipinski definition) is 4. The number of rotatable bonds is 7. The minimum atomic E-state index is -0.761. The summed E-state index contributed by atoms with van der Waals surface area (Å²) in [6.07, 6.45) is -0.737. The van der Waals surface area contributed by atoms with Crippen LogP contribution in [-0.2, 0) is 9.53 Å². The Balaban J connectivity index is 2.41. The number of carbonyl (C=O) groups excluding carboxylic acids is 1. The Hall–Kier alpha value is -1.57. The van der Waals surface area contributed by atoms with Crippen molar-refractivity contribution < 1.29 is 23.4 Å². The number of anilines is 1.